The van der Waals surface area contributed by atoms with Crippen LogP contribution in [-0.2, 0) is 10.4 Å². The van der Waals surface area contributed by atoms with Gasteiger partial charge in [-0.2, -0.15) is 5.10 Å². The Kier molecular flexibility index (Phi) is 2.81. The summed E-state index contributed by atoms with van der Waals surface area (Å²) in [4.78, 5) is 5.32. The SMILES string of the molecule is CCC1(Br)C=C(C(C)(O)c2cn[nH]c2)ON1. The number of hydrogen-bond donors (Lipinski definition) is 3. The Balaban J connectivity index is 2.30. The van der Waals surface area contributed by atoms with E-state index in [1.165, 1.54) is 0 Å². The first-order valence-electron chi connectivity index (χ1n) is 5.06. The van der Waals surface area contributed by atoms with Crippen molar-refractivity contribution in [1.82, 2.24) is 15.7 Å². The van der Waals surface area contributed by atoms with Crippen LogP contribution >= 0.6 is 15.9 Å². The van der Waals surface area contributed by atoms with Crippen molar-refractivity contribution in [2.45, 2.75) is 30.3 Å². The molecular weight excluding hydrogens is 274 g/mol. The van der Waals surface area contributed by atoms with Gasteiger partial charge in [-0.05, 0) is 19.4 Å². The van der Waals surface area contributed by atoms with E-state index in [4.69, 9.17) is 4.84 Å². The third-order valence-electron chi connectivity index (χ3n) is 2.75. The zero-order valence-electron chi connectivity index (χ0n) is 9.12. The minimum absolute atomic E-state index is 0.407. The predicted octanol–water partition coefficient (Wildman–Crippen LogP) is 1.54. The topological polar surface area (TPSA) is 70.2 Å². The third kappa shape index (κ3) is 1.88. The second-order valence-corrected chi connectivity index (χ2v) is 5.40. The molecule has 0 fully saturated rings. The number of alkyl halides is 1. The average Bonchev–Trinajstić information content (AvgIpc) is 2.87. The molecule has 3 N–H and O–H groups in total. The van der Waals surface area contributed by atoms with Gasteiger partial charge >= 0.3 is 0 Å². The molecule has 1 aliphatic rings. The van der Waals surface area contributed by atoms with Gasteiger partial charge in [0, 0.05) is 11.8 Å². The van der Waals surface area contributed by atoms with E-state index in [1.54, 1.807) is 19.3 Å². The lowest BCUT2D eigenvalue weighted by Gasteiger charge is -2.21. The van der Waals surface area contributed by atoms with Gasteiger partial charge in [0.1, 0.15) is 10.0 Å². The van der Waals surface area contributed by atoms with E-state index in [2.05, 4.69) is 31.6 Å². The van der Waals surface area contributed by atoms with Crippen molar-refractivity contribution in [2.24, 2.45) is 0 Å². The first-order chi connectivity index (χ1) is 7.48. The summed E-state index contributed by atoms with van der Waals surface area (Å²) in [5.41, 5.74) is 2.31. The van der Waals surface area contributed by atoms with Crippen LogP contribution in [0.15, 0.2) is 24.2 Å². The largest absolute Gasteiger partial charge is 0.408 e. The molecule has 1 aromatic heterocycles. The van der Waals surface area contributed by atoms with Crippen molar-refractivity contribution < 1.29 is 9.94 Å². The second-order valence-electron chi connectivity index (χ2n) is 3.99. The minimum Gasteiger partial charge on any atom is -0.408 e. The van der Waals surface area contributed by atoms with Crippen LogP contribution in [0.2, 0.25) is 0 Å². The molecule has 0 spiro atoms. The molecule has 1 aromatic rings. The van der Waals surface area contributed by atoms with Gasteiger partial charge < -0.3 is 9.94 Å². The van der Waals surface area contributed by atoms with E-state index >= 15 is 0 Å². The van der Waals surface area contributed by atoms with Crippen molar-refractivity contribution in [3.63, 3.8) is 0 Å². The molecule has 0 bridgehead atoms. The summed E-state index contributed by atoms with van der Waals surface area (Å²) in [6, 6.07) is 0. The van der Waals surface area contributed by atoms with Crippen LogP contribution in [-0.4, -0.2) is 19.8 Å². The maximum absolute atomic E-state index is 10.4. The highest BCUT2D eigenvalue weighted by molar-refractivity contribution is 9.10. The van der Waals surface area contributed by atoms with Crippen molar-refractivity contribution in [1.29, 1.82) is 0 Å². The number of H-pyrrole nitrogens is 1. The first kappa shape index (κ1) is 11.6. The van der Waals surface area contributed by atoms with Gasteiger partial charge in [0.25, 0.3) is 0 Å². The molecule has 0 aliphatic carbocycles. The highest BCUT2D eigenvalue weighted by Crippen LogP contribution is 2.37. The molecule has 2 heterocycles. The molecule has 0 amide bonds. The summed E-state index contributed by atoms with van der Waals surface area (Å²) in [7, 11) is 0. The quantitative estimate of drug-likeness (QED) is 0.583. The van der Waals surface area contributed by atoms with Crippen LogP contribution in [0.5, 0.6) is 0 Å². The van der Waals surface area contributed by atoms with E-state index in [-0.39, 0.29) is 0 Å². The molecule has 0 saturated heterocycles. The maximum Gasteiger partial charge on any atom is 0.159 e. The van der Waals surface area contributed by atoms with E-state index in [1.807, 2.05) is 13.0 Å². The van der Waals surface area contributed by atoms with Crippen molar-refractivity contribution in [3.8, 4) is 0 Å². The number of hydrogen-bond acceptors (Lipinski definition) is 4. The zero-order valence-corrected chi connectivity index (χ0v) is 10.7. The molecule has 2 unspecified atom stereocenters. The van der Waals surface area contributed by atoms with E-state index < -0.39 is 10.0 Å². The normalized spacial score (nSPS) is 28.4. The summed E-state index contributed by atoms with van der Waals surface area (Å²) < 4.78 is -0.407. The Morgan fingerprint density at radius 3 is 2.94 bits per heavy atom. The zero-order chi connectivity index (χ0) is 11.8. The highest BCUT2D eigenvalue weighted by Gasteiger charge is 2.40. The Hall–Kier alpha value is -0.850. The monoisotopic (exact) mass is 287 g/mol. The smallest absolute Gasteiger partial charge is 0.159 e. The standard InChI is InChI=1S/C10H14BrN3O2/c1-3-10(11)4-8(16-14-10)9(2,15)7-5-12-13-6-7/h4-6,14-15H,3H2,1-2H3,(H,12,13). The van der Waals surface area contributed by atoms with Gasteiger partial charge in [0.05, 0.1) is 6.20 Å². The van der Waals surface area contributed by atoms with Crippen LogP contribution < -0.4 is 5.48 Å². The van der Waals surface area contributed by atoms with E-state index in [9.17, 15) is 5.11 Å². The summed E-state index contributed by atoms with van der Waals surface area (Å²) >= 11 is 3.49. The molecule has 1 aliphatic heterocycles. The summed E-state index contributed by atoms with van der Waals surface area (Å²) in [5.74, 6) is 0.465. The molecule has 6 heteroatoms. The van der Waals surface area contributed by atoms with Crippen LogP contribution in [0, 0.1) is 0 Å². The molecule has 88 valence electrons. The number of aromatic amines is 1. The van der Waals surface area contributed by atoms with E-state index in [0.717, 1.165) is 6.42 Å². The van der Waals surface area contributed by atoms with E-state index in [0.29, 0.717) is 11.3 Å². The molecule has 5 nitrogen and oxygen atoms in total. The molecule has 16 heavy (non-hydrogen) atoms. The number of nitrogens with zero attached hydrogens (tertiary/aromatic N) is 1. The number of halogens is 1. The molecule has 0 radical (unpaired) electrons. The van der Waals surface area contributed by atoms with Crippen LogP contribution in [0.3, 0.4) is 0 Å². The van der Waals surface area contributed by atoms with Gasteiger partial charge in [-0.3, -0.25) is 5.10 Å². The molecule has 0 aromatic carbocycles. The van der Waals surface area contributed by atoms with Crippen molar-refractivity contribution in [3.05, 3.63) is 29.8 Å². The lowest BCUT2D eigenvalue weighted by molar-refractivity contribution is -0.00433. The van der Waals surface area contributed by atoms with Gasteiger partial charge in [-0.25, -0.2) is 0 Å². The van der Waals surface area contributed by atoms with Crippen LogP contribution in [0.4, 0.5) is 0 Å². The molecule has 2 atom stereocenters. The lowest BCUT2D eigenvalue weighted by Crippen LogP contribution is -2.31. The first-order valence-corrected chi connectivity index (χ1v) is 5.85. The highest BCUT2D eigenvalue weighted by atomic mass is 79.9. The number of nitrogens with one attached hydrogen (secondary N) is 2. The minimum atomic E-state index is -1.19. The maximum atomic E-state index is 10.4. The number of aromatic nitrogens is 2. The summed E-state index contributed by atoms with van der Waals surface area (Å²) in [6.45, 7) is 3.68. The third-order valence-corrected chi connectivity index (χ3v) is 3.70. The fraction of sp³-hybridized carbons (Fsp3) is 0.500. The van der Waals surface area contributed by atoms with Crippen LogP contribution in [0.1, 0.15) is 25.8 Å². The fourth-order valence-electron chi connectivity index (χ4n) is 1.48. The van der Waals surface area contributed by atoms with Gasteiger partial charge in [-0.1, -0.05) is 22.9 Å². The Labute approximate surface area is 102 Å². The Morgan fingerprint density at radius 2 is 2.44 bits per heavy atom. The molecule has 0 saturated carbocycles. The van der Waals surface area contributed by atoms with Crippen molar-refractivity contribution in [2.75, 3.05) is 0 Å². The van der Waals surface area contributed by atoms with Gasteiger partial charge in [-0.15, -0.1) is 5.48 Å². The molecule has 2 rings (SSSR count). The predicted molar refractivity (Wildman–Crippen MR) is 62.4 cm³/mol. The second kappa shape index (κ2) is 3.87. The summed E-state index contributed by atoms with van der Waals surface area (Å²) in [5, 5.41) is 16.9. The summed E-state index contributed by atoms with van der Waals surface area (Å²) in [6.07, 6.45) is 5.85. The van der Waals surface area contributed by atoms with Crippen LogP contribution in [0.25, 0.3) is 0 Å². The van der Waals surface area contributed by atoms with Crippen molar-refractivity contribution >= 4 is 15.9 Å². The van der Waals surface area contributed by atoms with Gasteiger partial charge in [0.2, 0.25) is 0 Å². The number of hydroxylamine groups is 1. The Morgan fingerprint density at radius 1 is 1.69 bits per heavy atom. The average molecular weight is 288 g/mol. The number of aliphatic hydroxyl groups is 1. The lowest BCUT2D eigenvalue weighted by atomic mass is 9.96. The number of rotatable bonds is 3. The van der Waals surface area contributed by atoms with Gasteiger partial charge in [0.15, 0.2) is 5.76 Å². The Bertz CT molecular complexity index is 402. The molecular formula is C10H14BrN3O2. The fourth-order valence-corrected chi connectivity index (χ4v) is 1.77.